The Labute approximate surface area is 158 Å². The van der Waals surface area contributed by atoms with Crippen LogP contribution >= 0.6 is 0 Å². The number of anilines is 1. The largest absolute Gasteiger partial charge is 0.367 e. The van der Waals surface area contributed by atoms with Gasteiger partial charge in [-0.2, -0.15) is 0 Å². The molecule has 2 aromatic carbocycles. The molecule has 1 fully saturated rings. The number of halogens is 1. The molecule has 0 aliphatic carbocycles. The molecule has 2 heterocycles. The fourth-order valence-corrected chi connectivity index (χ4v) is 3.60. The molecular weight excluding hydrogens is 343 g/mol. The van der Waals surface area contributed by atoms with E-state index in [1.54, 1.807) is 6.07 Å². The van der Waals surface area contributed by atoms with Gasteiger partial charge in [-0.15, -0.1) is 5.10 Å². The van der Waals surface area contributed by atoms with Crippen LogP contribution in [0.3, 0.4) is 0 Å². The van der Waals surface area contributed by atoms with Gasteiger partial charge in [-0.25, -0.2) is 9.07 Å². The minimum atomic E-state index is -0.161. The van der Waals surface area contributed by atoms with Crippen molar-refractivity contribution in [1.29, 1.82) is 0 Å². The molecule has 1 aromatic heterocycles. The molecule has 0 spiro atoms. The van der Waals surface area contributed by atoms with Crippen LogP contribution in [0.1, 0.15) is 24.4 Å². The number of piperazine rings is 1. The number of hydrogen-bond acceptors (Lipinski definition) is 5. The molecule has 0 radical (unpaired) electrons. The minimum Gasteiger partial charge on any atom is -0.367 e. The van der Waals surface area contributed by atoms with Crippen molar-refractivity contribution in [3.05, 3.63) is 71.8 Å². The smallest absolute Gasteiger partial charge is 0.168 e. The van der Waals surface area contributed by atoms with Crippen LogP contribution < -0.4 is 4.90 Å². The Kier molecular flexibility index (Phi) is 5.11. The van der Waals surface area contributed by atoms with Gasteiger partial charge >= 0.3 is 0 Å². The number of tetrazole rings is 1. The lowest BCUT2D eigenvalue weighted by Gasteiger charge is -2.38. The van der Waals surface area contributed by atoms with Crippen LogP contribution in [0.4, 0.5) is 10.1 Å². The summed E-state index contributed by atoms with van der Waals surface area (Å²) in [7, 11) is 0. The van der Waals surface area contributed by atoms with Crippen LogP contribution in [0.25, 0.3) is 0 Å². The quantitative estimate of drug-likeness (QED) is 0.695. The third-order valence-electron chi connectivity index (χ3n) is 5.16. The summed E-state index contributed by atoms with van der Waals surface area (Å²) in [5.74, 6) is 0.698. The van der Waals surface area contributed by atoms with Gasteiger partial charge in [-0.1, -0.05) is 42.5 Å². The first-order chi connectivity index (χ1) is 13.2. The van der Waals surface area contributed by atoms with Gasteiger partial charge in [0.2, 0.25) is 0 Å². The van der Waals surface area contributed by atoms with Crippen LogP contribution in [-0.2, 0) is 6.54 Å². The predicted octanol–water partition coefficient (Wildman–Crippen LogP) is 2.74. The third-order valence-corrected chi connectivity index (χ3v) is 5.16. The van der Waals surface area contributed by atoms with E-state index in [-0.39, 0.29) is 11.9 Å². The number of aromatic nitrogens is 4. The van der Waals surface area contributed by atoms with Gasteiger partial charge in [0, 0.05) is 26.2 Å². The zero-order valence-electron chi connectivity index (χ0n) is 15.4. The minimum absolute atomic E-state index is 0.103. The second kappa shape index (κ2) is 7.84. The van der Waals surface area contributed by atoms with Crippen molar-refractivity contribution in [2.24, 2.45) is 0 Å². The van der Waals surface area contributed by atoms with E-state index >= 15 is 0 Å². The lowest BCUT2D eigenvalue weighted by Crippen LogP contribution is -2.47. The number of rotatable bonds is 5. The van der Waals surface area contributed by atoms with E-state index in [1.165, 1.54) is 11.6 Å². The van der Waals surface area contributed by atoms with E-state index in [0.717, 1.165) is 32.0 Å². The van der Waals surface area contributed by atoms with E-state index in [2.05, 4.69) is 44.4 Å². The highest BCUT2D eigenvalue weighted by Gasteiger charge is 2.26. The van der Waals surface area contributed by atoms with E-state index in [0.29, 0.717) is 12.2 Å². The van der Waals surface area contributed by atoms with Crippen molar-refractivity contribution in [3.63, 3.8) is 0 Å². The molecule has 0 amide bonds. The zero-order chi connectivity index (χ0) is 18.6. The summed E-state index contributed by atoms with van der Waals surface area (Å²) >= 11 is 0. The molecule has 0 bridgehead atoms. The molecule has 1 saturated heterocycles. The molecule has 1 aliphatic heterocycles. The first-order valence-corrected chi connectivity index (χ1v) is 9.26. The second-order valence-electron chi connectivity index (χ2n) is 6.83. The zero-order valence-corrected chi connectivity index (χ0v) is 15.4. The van der Waals surface area contributed by atoms with Crippen molar-refractivity contribution >= 4 is 5.69 Å². The summed E-state index contributed by atoms with van der Waals surface area (Å²) in [6.45, 7) is 6.03. The van der Waals surface area contributed by atoms with Crippen molar-refractivity contribution in [3.8, 4) is 0 Å². The third kappa shape index (κ3) is 3.83. The molecule has 140 valence electrons. The summed E-state index contributed by atoms with van der Waals surface area (Å²) in [5, 5.41) is 12.3. The molecule has 1 atom stereocenters. The van der Waals surface area contributed by atoms with Gasteiger partial charge in [0.25, 0.3) is 0 Å². The Hall–Kier alpha value is -2.80. The summed E-state index contributed by atoms with van der Waals surface area (Å²) in [4.78, 5) is 4.45. The topological polar surface area (TPSA) is 50.1 Å². The number of nitrogens with zero attached hydrogens (tertiary/aromatic N) is 6. The highest BCUT2D eigenvalue weighted by molar-refractivity contribution is 5.48. The highest BCUT2D eigenvalue weighted by atomic mass is 19.1. The average molecular weight is 366 g/mol. The average Bonchev–Trinajstić information content (AvgIpc) is 3.17. The maximum absolute atomic E-state index is 14.0. The van der Waals surface area contributed by atoms with Gasteiger partial charge in [0.05, 0.1) is 18.3 Å². The fourth-order valence-electron chi connectivity index (χ4n) is 3.60. The normalized spacial score (nSPS) is 16.4. The van der Waals surface area contributed by atoms with Crippen molar-refractivity contribution in [1.82, 2.24) is 25.1 Å². The van der Waals surface area contributed by atoms with Gasteiger partial charge < -0.3 is 4.90 Å². The molecule has 1 unspecified atom stereocenters. The van der Waals surface area contributed by atoms with Gasteiger partial charge in [0.15, 0.2) is 5.82 Å². The van der Waals surface area contributed by atoms with Crippen LogP contribution in [0, 0.1) is 5.82 Å². The molecular formula is C20H23FN6. The molecule has 0 saturated carbocycles. The summed E-state index contributed by atoms with van der Waals surface area (Å²) in [6, 6.07) is 17.3. The first-order valence-electron chi connectivity index (χ1n) is 9.26. The van der Waals surface area contributed by atoms with E-state index in [9.17, 15) is 4.39 Å². The van der Waals surface area contributed by atoms with Crippen molar-refractivity contribution in [2.45, 2.75) is 19.5 Å². The molecule has 0 N–H and O–H groups in total. The Bertz CT molecular complexity index is 873. The van der Waals surface area contributed by atoms with Crippen LogP contribution in [0.15, 0.2) is 54.6 Å². The Balaban J connectivity index is 1.42. The molecule has 6 nitrogen and oxygen atoms in total. The first kappa shape index (κ1) is 17.6. The van der Waals surface area contributed by atoms with E-state index < -0.39 is 0 Å². The predicted molar refractivity (Wildman–Crippen MR) is 102 cm³/mol. The molecule has 7 heteroatoms. The van der Waals surface area contributed by atoms with Crippen LogP contribution in [0.5, 0.6) is 0 Å². The SMILES string of the molecule is CC(c1nnnn1Cc1ccccc1)N1CCN(c2ccccc2F)CC1. The van der Waals surface area contributed by atoms with Gasteiger partial charge in [-0.3, -0.25) is 4.90 Å². The second-order valence-corrected chi connectivity index (χ2v) is 6.83. The number of para-hydroxylation sites is 1. The lowest BCUT2D eigenvalue weighted by atomic mass is 10.2. The molecule has 1 aliphatic rings. The lowest BCUT2D eigenvalue weighted by molar-refractivity contribution is 0.187. The van der Waals surface area contributed by atoms with E-state index in [4.69, 9.17) is 0 Å². The molecule has 3 aromatic rings. The van der Waals surface area contributed by atoms with Crippen LogP contribution in [-0.4, -0.2) is 51.3 Å². The van der Waals surface area contributed by atoms with Crippen LogP contribution in [0.2, 0.25) is 0 Å². The van der Waals surface area contributed by atoms with E-state index in [1.807, 2.05) is 35.0 Å². The molecule has 4 rings (SSSR count). The number of benzene rings is 2. The summed E-state index contributed by atoms with van der Waals surface area (Å²) in [5.41, 5.74) is 1.85. The van der Waals surface area contributed by atoms with Crippen molar-refractivity contribution in [2.75, 3.05) is 31.1 Å². The Morgan fingerprint density at radius 1 is 0.963 bits per heavy atom. The Morgan fingerprint density at radius 3 is 2.41 bits per heavy atom. The maximum Gasteiger partial charge on any atom is 0.168 e. The highest BCUT2D eigenvalue weighted by Crippen LogP contribution is 2.24. The summed E-state index contributed by atoms with van der Waals surface area (Å²) < 4.78 is 15.9. The standard InChI is InChI=1S/C20H23FN6/c1-16(20-22-23-24-27(20)15-17-7-3-2-4-8-17)25-11-13-26(14-12-25)19-10-6-5-9-18(19)21/h2-10,16H,11-15H2,1H3. The van der Waals surface area contributed by atoms with Crippen molar-refractivity contribution < 1.29 is 4.39 Å². The van der Waals surface area contributed by atoms with Gasteiger partial charge in [0.1, 0.15) is 5.82 Å². The number of hydrogen-bond donors (Lipinski definition) is 0. The van der Waals surface area contributed by atoms with Gasteiger partial charge in [-0.05, 0) is 35.0 Å². The maximum atomic E-state index is 14.0. The summed E-state index contributed by atoms with van der Waals surface area (Å²) in [6.07, 6.45) is 0. The fraction of sp³-hybridized carbons (Fsp3) is 0.350. The monoisotopic (exact) mass is 366 g/mol. The Morgan fingerprint density at radius 2 is 1.67 bits per heavy atom. The molecule has 27 heavy (non-hydrogen) atoms.